The van der Waals surface area contributed by atoms with Crippen LogP contribution >= 0.6 is 45.2 Å². The first-order chi connectivity index (χ1) is 7.12. The molecule has 15 heavy (non-hydrogen) atoms. The van der Waals surface area contributed by atoms with E-state index in [0.29, 0.717) is 0 Å². The Hall–Kier alpha value is 1.34. The first-order valence-corrected chi connectivity index (χ1v) is 7.64. The SMILES string of the molecule is IC1(OC2(I)CCCCO2)CCCCO1. The minimum Gasteiger partial charge on any atom is -0.342 e. The molecule has 2 atom stereocenters. The summed E-state index contributed by atoms with van der Waals surface area (Å²) in [6, 6.07) is 0. The van der Waals surface area contributed by atoms with Crippen molar-refractivity contribution in [3.63, 3.8) is 0 Å². The Kier molecular flexibility index (Phi) is 4.54. The highest BCUT2D eigenvalue weighted by molar-refractivity contribution is 14.1. The minimum absolute atomic E-state index is 0.464. The fraction of sp³-hybridized carbons (Fsp3) is 1.00. The number of ether oxygens (including phenoxy) is 3. The molecule has 0 N–H and O–H groups in total. The normalized spacial score (nSPS) is 42.8. The molecular formula is C10H16I2O3. The monoisotopic (exact) mass is 438 g/mol. The van der Waals surface area contributed by atoms with E-state index >= 15 is 0 Å². The average molecular weight is 438 g/mol. The van der Waals surface area contributed by atoms with Gasteiger partial charge in [-0.2, -0.15) is 0 Å². The summed E-state index contributed by atoms with van der Waals surface area (Å²) in [4.78, 5) is 0. The molecule has 2 aliphatic heterocycles. The lowest BCUT2D eigenvalue weighted by atomic mass is 10.2. The maximum absolute atomic E-state index is 6.04. The van der Waals surface area contributed by atoms with Crippen molar-refractivity contribution in [2.24, 2.45) is 0 Å². The van der Waals surface area contributed by atoms with Gasteiger partial charge in [-0.1, -0.05) is 0 Å². The van der Waals surface area contributed by atoms with Gasteiger partial charge in [0.25, 0.3) is 0 Å². The van der Waals surface area contributed by atoms with Gasteiger partial charge < -0.3 is 9.47 Å². The topological polar surface area (TPSA) is 27.7 Å². The molecule has 0 saturated carbocycles. The maximum atomic E-state index is 6.04. The first kappa shape index (κ1) is 12.8. The van der Waals surface area contributed by atoms with Gasteiger partial charge in [0.1, 0.15) is 0 Å². The zero-order chi connectivity index (χ0) is 10.8. The van der Waals surface area contributed by atoms with Gasteiger partial charge >= 0.3 is 0 Å². The fourth-order valence-electron chi connectivity index (χ4n) is 1.86. The summed E-state index contributed by atoms with van der Waals surface area (Å²) in [5.74, 6) is 0. The Morgan fingerprint density at radius 3 is 1.60 bits per heavy atom. The Morgan fingerprint density at radius 1 is 0.800 bits per heavy atom. The van der Waals surface area contributed by atoms with Crippen LogP contribution in [0.25, 0.3) is 0 Å². The summed E-state index contributed by atoms with van der Waals surface area (Å²) in [7, 11) is 0. The number of halogens is 2. The summed E-state index contributed by atoms with van der Waals surface area (Å²) in [5, 5.41) is 0. The molecule has 5 heteroatoms. The van der Waals surface area contributed by atoms with Crippen molar-refractivity contribution in [2.75, 3.05) is 13.2 Å². The third-order valence-corrected chi connectivity index (χ3v) is 4.82. The van der Waals surface area contributed by atoms with Crippen molar-refractivity contribution < 1.29 is 14.2 Å². The lowest BCUT2D eigenvalue weighted by Crippen LogP contribution is -2.43. The van der Waals surface area contributed by atoms with Crippen LogP contribution in [0.5, 0.6) is 0 Å². The Morgan fingerprint density at radius 2 is 1.27 bits per heavy atom. The average Bonchev–Trinajstić information content (AvgIpc) is 2.18. The van der Waals surface area contributed by atoms with Crippen molar-refractivity contribution in [1.82, 2.24) is 0 Å². The molecule has 2 saturated heterocycles. The van der Waals surface area contributed by atoms with E-state index in [1.807, 2.05) is 0 Å². The van der Waals surface area contributed by atoms with E-state index in [0.717, 1.165) is 38.9 Å². The van der Waals surface area contributed by atoms with Gasteiger partial charge in [0.2, 0.25) is 7.59 Å². The molecule has 2 heterocycles. The number of rotatable bonds is 2. The molecule has 0 aliphatic carbocycles. The summed E-state index contributed by atoms with van der Waals surface area (Å²) in [6.45, 7) is 1.60. The molecule has 0 aromatic carbocycles. The van der Waals surface area contributed by atoms with Crippen LogP contribution in [0.4, 0.5) is 0 Å². The molecule has 2 fully saturated rings. The zero-order valence-corrected chi connectivity index (χ0v) is 13.0. The Balaban J connectivity index is 1.93. The minimum atomic E-state index is -0.464. The molecule has 0 aromatic rings. The van der Waals surface area contributed by atoms with Crippen molar-refractivity contribution in [2.45, 2.75) is 46.1 Å². The van der Waals surface area contributed by atoms with E-state index in [1.165, 1.54) is 12.8 Å². The van der Waals surface area contributed by atoms with Crippen LogP contribution in [-0.4, -0.2) is 20.8 Å². The van der Waals surface area contributed by atoms with Gasteiger partial charge in [-0.15, -0.1) is 0 Å². The van der Waals surface area contributed by atoms with Crippen LogP contribution in [0.1, 0.15) is 38.5 Å². The van der Waals surface area contributed by atoms with Crippen LogP contribution in [0, 0.1) is 0 Å². The predicted octanol–water partition coefficient (Wildman–Crippen LogP) is 3.58. The molecule has 0 aromatic heterocycles. The molecule has 2 aliphatic rings. The summed E-state index contributed by atoms with van der Waals surface area (Å²) in [6.07, 6.45) is 6.56. The highest BCUT2D eigenvalue weighted by Gasteiger charge is 2.42. The fourth-order valence-corrected chi connectivity index (χ4v) is 4.19. The number of hydrogen-bond donors (Lipinski definition) is 0. The van der Waals surface area contributed by atoms with Crippen LogP contribution in [-0.2, 0) is 14.2 Å². The Bertz CT molecular complexity index is 189. The van der Waals surface area contributed by atoms with E-state index in [2.05, 4.69) is 45.2 Å². The highest BCUT2D eigenvalue weighted by Crippen LogP contribution is 2.43. The Labute approximate surface area is 118 Å². The van der Waals surface area contributed by atoms with Crippen LogP contribution in [0.15, 0.2) is 0 Å². The first-order valence-electron chi connectivity index (χ1n) is 5.48. The molecule has 0 amide bonds. The second-order valence-corrected chi connectivity index (χ2v) is 7.32. The number of alkyl halides is 2. The summed E-state index contributed by atoms with van der Waals surface area (Å²) < 4.78 is 16.5. The van der Waals surface area contributed by atoms with Gasteiger partial charge in [-0.25, -0.2) is 0 Å². The molecule has 2 rings (SSSR count). The standard InChI is InChI=1S/C10H16I2O3/c11-9(5-1-3-7-13-9)15-10(12)6-2-4-8-14-10/h1-8H2. The van der Waals surface area contributed by atoms with Gasteiger partial charge in [-0.05, 0) is 70.9 Å². The van der Waals surface area contributed by atoms with Crippen molar-refractivity contribution >= 4 is 45.2 Å². The highest BCUT2D eigenvalue weighted by atomic mass is 127. The summed E-state index contributed by atoms with van der Waals surface area (Å²) in [5.41, 5.74) is 0. The molecule has 0 radical (unpaired) electrons. The molecule has 3 nitrogen and oxygen atoms in total. The molecule has 88 valence electrons. The van der Waals surface area contributed by atoms with E-state index < -0.39 is 7.59 Å². The van der Waals surface area contributed by atoms with E-state index in [1.54, 1.807) is 0 Å². The molecule has 2 unspecified atom stereocenters. The molecular weight excluding hydrogens is 422 g/mol. The van der Waals surface area contributed by atoms with Crippen molar-refractivity contribution in [3.05, 3.63) is 0 Å². The lowest BCUT2D eigenvalue weighted by molar-refractivity contribution is -0.283. The molecule has 0 bridgehead atoms. The second-order valence-electron chi connectivity index (χ2n) is 4.03. The van der Waals surface area contributed by atoms with Crippen molar-refractivity contribution in [1.29, 1.82) is 0 Å². The third-order valence-electron chi connectivity index (χ3n) is 2.68. The van der Waals surface area contributed by atoms with Gasteiger partial charge in [0, 0.05) is 12.8 Å². The van der Waals surface area contributed by atoms with Crippen LogP contribution < -0.4 is 0 Å². The van der Waals surface area contributed by atoms with E-state index in [-0.39, 0.29) is 0 Å². The molecule has 0 spiro atoms. The van der Waals surface area contributed by atoms with E-state index in [4.69, 9.17) is 14.2 Å². The quantitative estimate of drug-likeness (QED) is 0.488. The van der Waals surface area contributed by atoms with Crippen LogP contribution in [0.2, 0.25) is 0 Å². The van der Waals surface area contributed by atoms with Gasteiger partial charge in [0.05, 0.1) is 13.2 Å². The third kappa shape index (κ3) is 3.65. The second kappa shape index (κ2) is 5.32. The number of hydrogen-bond acceptors (Lipinski definition) is 3. The largest absolute Gasteiger partial charge is 0.342 e. The summed E-state index contributed by atoms with van der Waals surface area (Å²) >= 11 is 4.55. The smallest absolute Gasteiger partial charge is 0.224 e. The van der Waals surface area contributed by atoms with E-state index in [9.17, 15) is 0 Å². The zero-order valence-electron chi connectivity index (χ0n) is 8.64. The van der Waals surface area contributed by atoms with Crippen molar-refractivity contribution in [3.8, 4) is 0 Å². The maximum Gasteiger partial charge on any atom is 0.224 e. The van der Waals surface area contributed by atoms with Crippen LogP contribution in [0.3, 0.4) is 0 Å². The van der Waals surface area contributed by atoms with Gasteiger partial charge in [-0.3, -0.25) is 4.74 Å². The lowest BCUT2D eigenvalue weighted by Gasteiger charge is -2.40. The predicted molar refractivity (Wildman–Crippen MR) is 74.2 cm³/mol. The van der Waals surface area contributed by atoms with Gasteiger partial charge in [0.15, 0.2) is 0 Å².